The SMILES string of the molecule is CCCC(C)(CNCC(C)C)Cc1c(Br)c(C)nn1CC. The van der Waals surface area contributed by atoms with E-state index in [1.165, 1.54) is 23.0 Å². The second-order valence-corrected chi connectivity index (χ2v) is 7.72. The van der Waals surface area contributed by atoms with Crippen molar-refractivity contribution in [1.82, 2.24) is 15.1 Å². The summed E-state index contributed by atoms with van der Waals surface area (Å²) in [7, 11) is 0. The van der Waals surface area contributed by atoms with Crippen molar-refractivity contribution < 1.29 is 0 Å². The van der Waals surface area contributed by atoms with Crippen LogP contribution in [0.25, 0.3) is 0 Å². The second-order valence-electron chi connectivity index (χ2n) is 6.92. The number of aryl methyl sites for hydroxylation is 2. The van der Waals surface area contributed by atoms with Crippen molar-refractivity contribution in [1.29, 1.82) is 0 Å². The maximum atomic E-state index is 4.63. The molecular weight excluding hydrogens is 326 g/mol. The Morgan fingerprint density at radius 3 is 2.52 bits per heavy atom. The van der Waals surface area contributed by atoms with Crippen LogP contribution in [0.2, 0.25) is 0 Å². The van der Waals surface area contributed by atoms with Crippen LogP contribution in [0.3, 0.4) is 0 Å². The molecule has 0 amide bonds. The summed E-state index contributed by atoms with van der Waals surface area (Å²) in [6.07, 6.45) is 3.52. The largest absolute Gasteiger partial charge is 0.316 e. The summed E-state index contributed by atoms with van der Waals surface area (Å²) in [4.78, 5) is 0. The van der Waals surface area contributed by atoms with Crippen molar-refractivity contribution in [2.24, 2.45) is 11.3 Å². The van der Waals surface area contributed by atoms with E-state index in [-0.39, 0.29) is 5.41 Å². The zero-order valence-electron chi connectivity index (χ0n) is 14.6. The van der Waals surface area contributed by atoms with Gasteiger partial charge in [-0.25, -0.2) is 0 Å². The lowest BCUT2D eigenvalue weighted by Crippen LogP contribution is -2.36. The molecule has 1 aromatic heterocycles. The molecule has 0 radical (unpaired) electrons. The van der Waals surface area contributed by atoms with Crippen molar-refractivity contribution in [2.75, 3.05) is 13.1 Å². The van der Waals surface area contributed by atoms with Gasteiger partial charge in [-0.15, -0.1) is 0 Å². The maximum Gasteiger partial charge on any atom is 0.0738 e. The highest BCUT2D eigenvalue weighted by atomic mass is 79.9. The summed E-state index contributed by atoms with van der Waals surface area (Å²) in [6.45, 7) is 16.5. The molecule has 1 N–H and O–H groups in total. The lowest BCUT2D eigenvalue weighted by molar-refractivity contribution is 0.264. The third-order valence-corrected chi connectivity index (χ3v) is 5.04. The standard InChI is InChI=1S/C17H32BrN3/c1-7-9-17(6,12-19-11-13(3)4)10-15-16(18)14(5)20-21(15)8-2/h13,19H,7-12H2,1-6H3. The number of halogens is 1. The van der Waals surface area contributed by atoms with Crippen LogP contribution in [0.4, 0.5) is 0 Å². The first-order valence-corrected chi connectivity index (χ1v) is 9.04. The van der Waals surface area contributed by atoms with Crippen LogP contribution in [0.1, 0.15) is 58.8 Å². The molecule has 1 aromatic rings. The van der Waals surface area contributed by atoms with Gasteiger partial charge in [0.05, 0.1) is 15.9 Å². The number of hydrogen-bond donors (Lipinski definition) is 1. The van der Waals surface area contributed by atoms with E-state index in [9.17, 15) is 0 Å². The van der Waals surface area contributed by atoms with E-state index in [1.54, 1.807) is 0 Å². The topological polar surface area (TPSA) is 29.9 Å². The molecule has 0 aromatic carbocycles. The Morgan fingerprint density at radius 1 is 1.33 bits per heavy atom. The van der Waals surface area contributed by atoms with Gasteiger partial charge in [-0.05, 0) is 60.5 Å². The Balaban J connectivity index is 2.86. The minimum atomic E-state index is 0.283. The molecule has 3 nitrogen and oxygen atoms in total. The Morgan fingerprint density at radius 2 is 2.00 bits per heavy atom. The Bertz CT molecular complexity index is 439. The Kier molecular flexibility index (Phi) is 7.41. The minimum absolute atomic E-state index is 0.283. The first-order valence-electron chi connectivity index (χ1n) is 8.25. The van der Waals surface area contributed by atoms with E-state index in [2.05, 4.69) is 72.6 Å². The van der Waals surface area contributed by atoms with Crippen LogP contribution in [0.15, 0.2) is 4.47 Å². The average molecular weight is 358 g/mol. The van der Waals surface area contributed by atoms with E-state index >= 15 is 0 Å². The number of nitrogens with one attached hydrogen (secondary N) is 1. The van der Waals surface area contributed by atoms with Crippen LogP contribution < -0.4 is 5.32 Å². The monoisotopic (exact) mass is 357 g/mol. The molecule has 0 fully saturated rings. The van der Waals surface area contributed by atoms with Gasteiger partial charge in [0.15, 0.2) is 0 Å². The predicted molar refractivity (Wildman–Crippen MR) is 94.8 cm³/mol. The van der Waals surface area contributed by atoms with E-state index in [0.29, 0.717) is 5.92 Å². The van der Waals surface area contributed by atoms with Gasteiger partial charge in [0, 0.05) is 13.1 Å². The molecule has 1 unspecified atom stereocenters. The number of rotatable bonds is 9. The molecule has 1 atom stereocenters. The normalized spacial score (nSPS) is 14.7. The first-order chi connectivity index (χ1) is 9.83. The lowest BCUT2D eigenvalue weighted by atomic mass is 9.81. The van der Waals surface area contributed by atoms with Gasteiger partial charge in [0.1, 0.15) is 0 Å². The quantitative estimate of drug-likeness (QED) is 0.701. The third-order valence-electron chi connectivity index (χ3n) is 4.00. The van der Waals surface area contributed by atoms with E-state index in [1.807, 2.05) is 0 Å². The lowest BCUT2D eigenvalue weighted by Gasteiger charge is -2.30. The molecule has 0 aliphatic rings. The molecular formula is C17H32BrN3. The highest BCUT2D eigenvalue weighted by Gasteiger charge is 2.27. The van der Waals surface area contributed by atoms with Crippen LogP contribution in [0, 0.1) is 18.3 Å². The number of aromatic nitrogens is 2. The summed E-state index contributed by atoms with van der Waals surface area (Å²) in [5.41, 5.74) is 2.73. The van der Waals surface area contributed by atoms with Crippen LogP contribution in [-0.2, 0) is 13.0 Å². The molecule has 0 bridgehead atoms. The fourth-order valence-electron chi connectivity index (χ4n) is 2.95. The van der Waals surface area contributed by atoms with Gasteiger partial charge < -0.3 is 5.32 Å². The minimum Gasteiger partial charge on any atom is -0.316 e. The molecule has 0 saturated carbocycles. The second kappa shape index (κ2) is 8.33. The summed E-state index contributed by atoms with van der Waals surface area (Å²) >= 11 is 3.73. The summed E-state index contributed by atoms with van der Waals surface area (Å²) < 4.78 is 3.34. The molecule has 0 saturated heterocycles. The smallest absolute Gasteiger partial charge is 0.0738 e. The zero-order chi connectivity index (χ0) is 16.0. The van der Waals surface area contributed by atoms with Crippen molar-refractivity contribution >= 4 is 15.9 Å². The van der Waals surface area contributed by atoms with Crippen molar-refractivity contribution in [3.05, 3.63) is 15.9 Å². The van der Waals surface area contributed by atoms with E-state index in [4.69, 9.17) is 0 Å². The molecule has 0 spiro atoms. The Hall–Kier alpha value is -0.350. The molecule has 4 heteroatoms. The van der Waals surface area contributed by atoms with Gasteiger partial charge in [-0.3, -0.25) is 4.68 Å². The summed E-state index contributed by atoms with van der Waals surface area (Å²) in [5, 5.41) is 8.28. The third kappa shape index (κ3) is 5.41. The number of nitrogens with zero attached hydrogens (tertiary/aromatic N) is 2. The van der Waals surface area contributed by atoms with Gasteiger partial charge in [0.25, 0.3) is 0 Å². The fourth-order valence-corrected chi connectivity index (χ4v) is 3.37. The van der Waals surface area contributed by atoms with Gasteiger partial charge in [0.2, 0.25) is 0 Å². The first kappa shape index (κ1) is 18.7. The van der Waals surface area contributed by atoms with Crippen molar-refractivity contribution in [2.45, 2.75) is 67.3 Å². The summed E-state index contributed by atoms with van der Waals surface area (Å²) in [5.74, 6) is 0.700. The molecule has 21 heavy (non-hydrogen) atoms. The fraction of sp³-hybridized carbons (Fsp3) is 0.824. The summed E-state index contributed by atoms with van der Waals surface area (Å²) in [6, 6.07) is 0. The van der Waals surface area contributed by atoms with Crippen LogP contribution in [-0.4, -0.2) is 22.9 Å². The molecule has 1 rings (SSSR count). The predicted octanol–water partition coefficient (Wildman–Crippen LogP) is 4.57. The molecule has 0 aliphatic heterocycles. The Labute approximate surface area is 139 Å². The van der Waals surface area contributed by atoms with Gasteiger partial charge in [-0.1, -0.05) is 34.1 Å². The molecule has 1 heterocycles. The highest BCUT2D eigenvalue weighted by Crippen LogP contribution is 2.32. The maximum absolute atomic E-state index is 4.63. The van der Waals surface area contributed by atoms with Crippen molar-refractivity contribution in [3.8, 4) is 0 Å². The molecule has 0 aliphatic carbocycles. The van der Waals surface area contributed by atoms with Gasteiger partial charge >= 0.3 is 0 Å². The van der Waals surface area contributed by atoms with Crippen LogP contribution >= 0.6 is 15.9 Å². The highest BCUT2D eigenvalue weighted by molar-refractivity contribution is 9.10. The van der Waals surface area contributed by atoms with E-state index < -0.39 is 0 Å². The van der Waals surface area contributed by atoms with Crippen molar-refractivity contribution in [3.63, 3.8) is 0 Å². The van der Waals surface area contributed by atoms with Crippen LogP contribution in [0.5, 0.6) is 0 Å². The average Bonchev–Trinajstić information content (AvgIpc) is 2.66. The molecule has 122 valence electrons. The van der Waals surface area contributed by atoms with Gasteiger partial charge in [-0.2, -0.15) is 5.10 Å². The number of hydrogen-bond acceptors (Lipinski definition) is 2. The zero-order valence-corrected chi connectivity index (χ0v) is 16.2. The van der Waals surface area contributed by atoms with E-state index in [0.717, 1.165) is 31.7 Å².